The molecule has 0 bridgehead atoms. The first-order valence-electron chi connectivity index (χ1n) is 5.24. The molecule has 1 aromatic rings. The first-order valence-corrected chi connectivity index (χ1v) is 5.62. The summed E-state index contributed by atoms with van der Waals surface area (Å²) in [5.74, 6) is 0.840. The van der Waals surface area contributed by atoms with E-state index in [2.05, 4.69) is 5.32 Å². The van der Waals surface area contributed by atoms with E-state index in [1.807, 2.05) is 32.0 Å². The van der Waals surface area contributed by atoms with E-state index in [1.165, 1.54) is 0 Å². The zero-order chi connectivity index (χ0) is 12.2. The molecule has 0 saturated heterocycles. The van der Waals surface area contributed by atoms with Gasteiger partial charge in [0.25, 0.3) is 0 Å². The van der Waals surface area contributed by atoms with Crippen molar-refractivity contribution in [2.45, 2.75) is 25.9 Å². The minimum atomic E-state index is -0.216. The first kappa shape index (κ1) is 13.3. The van der Waals surface area contributed by atoms with Crippen molar-refractivity contribution in [1.82, 2.24) is 5.32 Å². The molecule has 0 aliphatic heterocycles. The van der Waals surface area contributed by atoms with Crippen molar-refractivity contribution < 1.29 is 4.74 Å². The minimum absolute atomic E-state index is 0.216. The number of ether oxygens (including phenoxy) is 1. The average molecular weight is 243 g/mol. The van der Waals surface area contributed by atoms with Crippen LogP contribution >= 0.6 is 11.6 Å². The van der Waals surface area contributed by atoms with Gasteiger partial charge < -0.3 is 15.8 Å². The maximum atomic E-state index is 5.93. The fraction of sp³-hybridized carbons (Fsp3) is 0.500. The molecular formula is C12H19ClN2O. The fourth-order valence-electron chi connectivity index (χ4n) is 1.40. The topological polar surface area (TPSA) is 47.3 Å². The number of rotatable bonds is 5. The van der Waals surface area contributed by atoms with Gasteiger partial charge in [0.1, 0.15) is 5.75 Å². The molecule has 0 radical (unpaired) electrons. The summed E-state index contributed by atoms with van der Waals surface area (Å²) in [4.78, 5) is 0. The summed E-state index contributed by atoms with van der Waals surface area (Å²) < 4.78 is 5.25. The van der Waals surface area contributed by atoms with E-state index in [0.29, 0.717) is 11.6 Å². The summed E-state index contributed by atoms with van der Waals surface area (Å²) in [5.41, 5.74) is 6.70. The number of benzene rings is 1. The molecular weight excluding hydrogens is 224 g/mol. The van der Waals surface area contributed by atoms with Crippen LogP contribution < -0.4 is 15.8 Å². The number of methoxy groups -OCH3 is 1. The largest absolute Gasteiger partial charge is 0.496 e. The summed E-state index contributed by atoms with van der Waals surface area (Å²) in [5, 5.41) is 3.99. The molecule has 1 rings (SSSR count). The summed E-state index contributed by atoms with van der Waals surface area (Å²) in [6.45, 7) is 5.40. The van der Waals surface area contributed by atoms with Crippen LogP contribution in [-0.4, -0.2) is 19.2 Å². The minimum Gasteiger partial charge on any atom is -0.496 e. The zero-order valence-electron chi connectivity index (χ0n) is 10.0. The van der Waals surface area contributed by atoms with E-state index >= 15 is 0 Å². The van der Waals surface area contributed by atoms with Crippen molar-refractivity contribution in [3.8, 4) is 5.75 Å². The fourth-order valence-corrected chi connectivity index (χ4v) is 1.60. The second-order valence-electron chi connectivity index (χ2n) is 4.55. The molecule has 0 spiro atoms. The zero-order valence-corrected chi connectivity index (χ0v) is 10.8. The van der Waals surface area contributed by atoms with E-state index < -0.39 is 0 Å². The second-order valence-corrected chi connectivity index (χ2v) is 4.98. The smallest absolute Gasteiger partial charge is 0.123 e. The Morgan fingerprint density at radius 3 is 2.69 bits per heavy atom. The van der Waals surface area contributed by atoms with Crippen LogP contribution in [-0.2, 0) is 6.54 Å². The SMILES string of the molecule is COc1ccc(Cl)cc1CNCC(C)(C)N. The lowest BCUT2D eigenvalue weighted by atomic mass is 10.1. The van der Waals surface area contributed by atoms with Crippen molar-refractivity contribution in [1.29, 1.82) is 0 Å². The summed E-state index contributed by atoms with van der Waals surface area (Å²) in [6, 6.07) is 5.58. The van der Waals surface area contributed by atoms with Crippen LogP contribution in [0.3, 0.4) is 0 Å². The number of halogens is 1. The monoisotopic (exact) mass is 242 g/mol. The van der Waals surface area contributed by atoms with Crippen LogP contribution in [0.4, 0.5) is 0 Å². The van der Waals surface area contributed by atoms with E-state index in [1.54, 1.807) is 7.11 Å². The summed E-state index contributed by atoms with van der Waals surface area (Å²) >= 11 is 5.93. The molecule has 0 heterocycles. The van der Waals surface area contributed by atoms with Crippen molar-refractivity contribution in [2.24, 2.45) is 5.73 Å². The Bertz CT molecular complexity index is 347. The number of nitrogens with one attached hydrogen (secondary N) is 1. The highest BCUT2D eigenvalue weighted by Gasteiger charge is 2.10. The van der Waals surface area contributed by atoms with Crippen LogP contribution in [0.5, 0.6) is 5.75 Å². The second kappa shape index (κ2) is 5.53. The van der Waals surface area contributed by atoms with Gasteiger partial charge in [0, 0.05) is 29.2 Å². The van der Waals surface area contributed by atoms with Crippen molar-refractivity contribution >= 4 is 11.6 Å². The van der Waals surface area contributed by atoms with Crippen molar-refractivity contribution in [3.05, 3.63) is 28.8 Å². The summed E-state index contributed by atoms with van der Waals surface area (Å²) in [7, 11) is 1.65. The molecule has 16 heavy (non-hydrogen) atoms. The van der Waals surface area contributed by atoms with Crippen LogP contribution in [0.2, 0.25) is 5.02 Å². The third-order valence-electron chi connectivity index (χ3n) is 2.14. The molecule has 1 aromatic carbocycles. The van der Waals surface area contributed by atoms with Gasteiger partial charge in [0.15, 0.2) is 0 Å². The maximum absolute atomic E-state index is 5.93. The molecule has 0 saturated carbocycles. The molecule has 90 valence electrons. The van der Waals surface area contributed by atoms with Crippen LogP contribution in [0.25, 0.3) is 0 Å². The highest BCUT2D eigenvalue weighted by molar-refractivity contribution is 6.30. The molecule has 3 nitrogen and oxygen atoms in total. The molecule has 0 aliphatic carbocycles. The van der Waals surface area contributed by atoms with Gasteiger partial charge in [-0.25, -0.2) is 0 Å². The van der Waals surface area contributed by atoms with E-state index in [-0.39, 0.29) is 5.54 Å². The number of hydrogen-bond acceptors (Lipinski definition) is 3. The maximum Gasteiger partial charge on any atom is 0.123 e. The Kier molecular flexibility index (Phi) is 4.59. The predicted molar refractivity (Wildman–Crippen MR) is 68.0 cm³/mol. The average Bonchev–Trinajstić information content (AvgIpc) is 2.16. The van der Waals surface area contributed by atoms with Gasteiger partial charge in [-0.3, -0.25) is 0 Å². The van der Waals surface area contributed by atoms with E-state index in [9.17, 15) is 0 Å². The lowest BCUT2D eigenvalue weighted by Gasteiger charge is -2.19. The van der Waals surface area contributed by atoms with Crippen LogP contribution in [0, 0.1) is 0 Å². The highest BCUT2D eigenvalue weighted by Crippen LogP contribution is 2.22. The van der Waals surface area contributed by atoms with Crippen LogP contribution in [0.1, 0.15) is 19.4 Å². The molecule has 3 N–H and O–H groups in total. The van der Waals surface area contributed by atoms with Gasteiger partial charge >= 0.3 is 0 Å². The number of hydrogen-bond donors (Lipinski definition) is 2. The molecule has 0 aromatic heterocycles. The third kappa shape index (κ3) is 4.39. The Labute approximate surface area is 102 Å². The molecule has 4 heteroatoms. The van der Waals surface area contributed by atoms with Crippen LogP contribution in [0.15, 0.2) is 18.2 Å². The molecule has 0 atom stereocenters. The Morgan fingerprint density at radius 2 is 2.12 bits per heavy atom. The van der Waals surface area contributed by atoms with E-state index in [4.69, 9.17) is 22.1 Å². The van der Waals surface area contributed by atoms with E-state index in [0.717, 1.165) is 17.9 Å². The van der Waals surface area contributed by atoms with Crippen molar-refractivity contribution in [3.63, 3.8) is 0 Å². The Hall–Kier alpha value is -0.770. The standard InChI is InChI=1S/C12H19ClN2O/c1-12(2,14)8-15-7-9-6-10(13)4-5-11(9)16-3/h4-6,15H,7-8,14H2,1-3H3. The lowest BCUT2D eigenvalue weighted by molar-refractivity contribution is 0.404. The predicted octanol–water partition coefficient (Wildman–Crippen LogP) is 2.18. The Morgan fingerprint density at radius 1 is 1.44 bits per heavy atom. The Balaban J connectivity index is 2.62. The van der Waals surface area contributed by atoms with Gasteiger partial charge in [-0.05, 0) is 32.0 Å². The molecule has 0 amide bonds. The van der Waals surface area contributed by atoms with Gasteiger partial charge in [0.2, 0.25) is 0 Å². The first-order chi connectivity index (χ1) is 7.42. The van der Waals surface area contributed by atoms with Gasteiger partial charge in [-0.1, -0.05) is 11.6 Å². The molecule has 0 aliphatic rings. The number of nitrogens with two attached hydrogens (primary N) is 1. The third-order valence-corrected chi connectivity index (χ3v) is 2.37. The van der Waals surface area contributed by atoms with Gasteiger partial charge in [-0.15, -0.1) is 0 Å². The van der Waals surface area contributed by atoms with Gasteiger partial charge in [-0.2, -0.15) is 0 Å². The molecule has 0 fully saturated rings. The van der Waals surface area contributed by atoms with Gasteiger partial charge in [0.05, 0.1) is 7.11 Å². The normalized spacial score (nSPS) is 11.6. The lowest BCUT2D eigenvalue weighted by Crippen LogP contribution is -2.42. The van der Waals surface area contributed by atoms with Crippen molar-refractivity contribution in [2.75, 3.05) is 13.7 Å². The quantitative estimate of drug-likeness (QED) is 0.832. The highest BCUT2D eigenvalue weighted by atomic mass is 35.5. The summed E-state index contributed by atoms with van der Waals surface area (Å²) in [6.07, 6.45) is 0. The molecule has 0 unspecified atom stereocenters.